The maximum absolute atomic E-state index is 6.03. The van der Waals surface area contributed by atoms with Crippen LogP contribution in [0.25, 0.3) is 21.5 Å². The molecule has 6 heteroatoms. The zero-order valence-electron chi connectivity index (χ0n) is 14.7. The van der Waals surface area contributed by atoms with Crippen molar-refractivity contribution < 1.29 is 4.74 Å². The first-order chi connectivity index (χ1) is 13.3. The Labute approximate surface area is 161 Å². The molecule has 27 heavy (non-hydrogen) atoms. The Kier molecular flexibility index (Phi) is 4.18. The molecule has 1 fully saturated rings. The molecule has 0 atom stereocenters. The fourth-order valence-electron chi connectivity index (χ4n) is 3.34. The predicted molar refractivity (Wildman–Crippen MR) is 109 cm³/mol. The summed E-state index contributed by atoms with van der Waals surface area (Å²) in [5.74, 6) is 2.60. The van der Waals surface area contributed by atoms with Crippen molar-refractivity contribution in [3.8, 4) is 22.8 Å². The number of rotatable bonds is 4. The van der Waals surface area contributed by atoms with Gasteiger partial charge in [0.15, 0.2) is 0 Å². The lowest BCUT2D eigenvalue weighted by molar-refractivity contribution is 0.483. The summed E-state index contributed by atoms with van der Waals surface area (Å²) in [5, 5.41) is 0. The van der Waals surface area contributed by atoms with Crippen LogP contribution in [0.5, 0.6) is 11.5 Å². The maximum Gasteiger partial charge on any atom is 0.131 e. The van der Waals surface area contributed by atoms with Crippen LogP contribution in [0.4, 0.5) is 5.82 Å². The van der Waals surface area contributed by atoms with Crippen LogP contribution in [0.2, 0.25) is 0 Å². The molecule has 1 aromatic carbocycles. The highest BCUT2D eigenvalue weighted by Gasteiger charge is 2.13. The summed E-state index contributed by atoms with van der Waals surface area (Å²) in [6.45, 7) is 2.19. The molecule has 0 aliphatic carbocycles. The SMILES string of the molecule is c1cc(Oc2ccc3ncsc3c2)cc(-c2ccc(N3CCCC3)nc2)n1. The summed E-state index contributed by atoms with van der Waals surface area (Å²) in [5.41, 5.74) is 4.68. The Morgan fingerprint density at radius 2 is 1.78 bits per heavy atom. The van der Waals surface area contributed by atoms with E-state index in [4.69, 9.17) is 4.74 Å². The standard InChI is InChI=1S/C21H18N4OS/c1-2-10-25(9-1)21-6-3-15(13-23-21)19-11-17(7-8-22-19)26-16-4-5-18-20(12-16)27-14-24-18/h3-8,11-14H,1-2,9-10H2. The fraction of sp³-hybridized carbons (Fsp3) is 0.190. The number of nitrogens with zero attached hydrogens (tertiary/aromatic N) is 4. The molecule has 1 aliphatic rings. The molecule has 4 aromatic rings. The number of hydrogen-bond donors (Lipinski definition) is 0. The highest BCUT2D eigenvalue weighted by Crippen LogP contribution is 2.29. The lowest BCUT2D eigenvalue weighted by Crippen LogP contribution is -2.18. The largest absolute Gasteiger partial charge is 0.457 e. The predicted octanol–water partition coefficient (Wildman–Crippen LogP) is 5.15. The van der Waals surface area contributed by atoms with Crippen molar-refractivity contribution in [2.75, 3.05) is 18.0 Å². The lowest BCUT2D eigenvalue weighted by atomic mass is 10.2. The van der Waals surface area contributed by atoms with Crippen LogP contribution < -0.4 is 9.64 Å². The average Bonchev–Trinajstić information content (AvgIpc) is 3.40. The van der Waals surface area contributed by atoms with Gasteiger partial charge in [-0.05, 0) is 43.2 Å². The molecule has 0 radical (unpaired) electrons. The van der Waals surface area contributed by atoms with Crippen LogP contribution in [0, 0.1) is 0 Å². The molecule has 1 aliphatic heterocycles. The van der Waals surface area contributed by atoms with Crippen molar-refractivity contribution in [3.05, 3.63) is 60.4 Å². The van der Waals surface area contributed by atoms with Gasteiger partial charge in [-0.15, -0.1) is 11.3 Å². The Morgan fingerprint density at radius 1 is 0.889 bits per heavy atom. The van der Waals surface area contributed by atoms with E-state index in [1.54, 1.807) is 17.5 Å². The van der Waals surface area contributed by atoms with Gasteiger partial charge in [-0.1, -0.05) is 0 Å². The molecule has 0 N–H and O–H groups in total. The van der Waals surface area contributed by atoms with Gasteiger partial charge in [0.2, 0.25) is 0 Å². The Hall–Kier alpha value is -2.99. The number of ether oxygens (including phenoxy) is 1. The smallest absolute Gasteiger partial charge is 0.131 e. The van der Waals surface area contributed by atoms with Gasteiger partial charge < -0.3 is 9.64 Å². The molecule has 1 saturated heterocycles. The van der Waals surface area contributed by atoms with Crippen molar-refractivity contribution in [2.45, 2.75) is 12.8 Å². The number of thiazole rings is 1. The monoisotopic (exact) mass is 374 g/mol. The minimum Gasteiger partial charge on any atom is -0.457 e. The first kappa shape index (κ1) is 16.2. The molecule has 0 amide bonds. The van der Waals surface area contributed by atoms with Crippen molar-refractivity contribution in [2.24, 2.45) is 0 Å². The Morgan fingerprint density at radius 3 is 2.63 bits per heavy atom. The van der Waals surface area contributed by atoms with Crippen molar-refractivity contribution in [1.29, 1.82) is 0 Å². The first-order valence-corrected chi connectivity index (χ1v) is 9.92. The third-order valence-electron chi connectivity index (χ3n) is 4.74. The molecule has 5 rings (SSSR count). The van der Waals surface area contributed by atoms with Crippen LogP contribution in [-0.2, 0) is 0 Å². The molecule has 4 heterocycles. The molecule has 0 spiro atoms. The van der Waals surface area contributed by atoms with E-state index in [0.717, 1.165) is 51.9 Å². The average molecular weight is 374 g/mol. The van der Waals surface area contributed by atoms with Gasteiger partial charge in [0.05, 0.1) is 21.4 Å². The van der Waals surface area contributed by atoms with E-state index in [1.165, 1.54) is 12.8 Å². The number of anilines is 1. The molecule has 134 valence electrons. The van der Waals surface area contributed by atoms with E-state index < -0.39 is 0 Å². The van der Waals surface area contributed by atoms with E-state index in [0.29, 0.717) is 0 Å². The van der Waals surface area contributed by atoms with E-state index >= 15 is 0 Å². The maximum atomic E-state index is 6.03. The van der Waals surface area contributed by atoms with Gasteiger partial charge >= 0.3 is 0 Å². The summed E-state index contributed by atoms with van der Waals surface area (Å²) in [7, 11) is 0. The number of pyridine rings is 2. The second kappa shape index (κ2) is 6.96. The molecular formula is C21H18N4OS. The molecular weight excluding hydrogens is 356 g/mol. The van der Waals surface area contributed by atoms with E-state index in [2.05, 4.69) is 32.0 Å². The van der Waals surface area contributed by atoms with Crippen LogP contribution >= 0.6 is 11.3 Å². The van der Waals surface area contributed by atoms with Gasteiger partial charge in [0.1, 0.15) is 17.3 Å². The molecule has 0 unspecified atom stereocenters. The number of hydrogen-bond acceptors (Lipinski definition) is 6. The zero-order chi connectivity index (χ0) is 18.1. The molecule has 3 aromatic heterocycles. The zero-order valence-corrected chi connectivity index (χ0v) is 15.5. The summed E-state index contributed by atoms with van der Waals surface area (Å²) in [6, 6.07) is 13.9. The van der Waals surface area contributed by atoms with Crippen LogP contribution in [-0.4, -0.2) is 28.0 Å². The fourth-order valence-corrected chi connectivity index (χ4v) is 4.04. The normalized spacial score (nSPS) is 14.0. The second-order valence-electron chi connectivity index (χ2n) is 6.56. The first-order valence-electron chi connectivity index (χ1n) is 9.04. The number of benzene rings is 1. The summed E-state index contributed by atoms with van der Waals surface area (Å²) in [4.78, 5) is 15.7. The summed E-state index contributed by atoms with van der Waals surface area (Å²) in [6.07, 6.45) is 6.16. The molecule has 0 bridgehead atoms. The van der Waals surface area contributed by atoms with Crippen LogP contribution in [0.3, 0.4) is 0 Å². The van der Waals surface area contributed by atoms with Gasteiger partial charge in [-0.3, -0.25) is 4.98 Å². The summed E-state index contributed by atoms with van der Waals surface area (Å²) >= 11 is 1.61. The summed E-state index contributed by atoms with van der Waals surface area (Å²) < 4.78 is 7.15. The van der Waals surface area contributed by atoms with Crippen molar-refractivity contribution in [1.82, 2.24) is 15.0 Å². The van der Waals surface area contributed by atoms with Gasteiger partial charge in [0.25, 0.3) is 0 Å². The van der Waals surface area contributed by atoms with Crippen LogP contribution in [0.15, 0.2) is 60.4 Å². The minimum absolute atomic E-state index is 0.757. The second-order valence-corrected chi connectivity index (χ2v) is 7.45. The third-order valence-corrected chi connectivity index (χ3v) is 5.54. The van der Waals surface area contributed by atoms with Gasteiger partial charge in [0, 0.05) is 43.2 Å². The Bertz CT molecular complexity index is 1070. The van der Waals surface area contributed by atoms with Crippen molar-refractivity contribution >= 4 is 27.4 Å². The van der Waals surface area contributed by atoms with Crippen LogP contribution in [0.1, 0.15) is 12.8 Å². The molecule has 5 nitrogen and oxygen atoms in total. The number of fused-ring (bicyclic) bond motifs is 1. The quantitative estimate of drug-likeness (QED) is 0.495. The van der Waals surface area contributed by atoms with E-state index in [9.17, 15) is 0 Å². The lowest BCUT2D eigenvalue weighted by Gasteiger charge is -2.16. The minimum atomic E-state index is 0.757. The Balaban J connectivity index is 1.38. The van der Waals surface area contributed by atoms with Crippen molar-refractivity contribution in [3.63, 3.8) is 0 Å². The number of aromatic nitrogens is 3. The highest BCUT2D eigenvalue weighted by molar-refractivity contribution is 7.16. The van der Waals surface area contributed by atoms with E-state index in [1.807, 2.05) is 42.0 Å². The van der Waals surface area contributed by atoms with Gasteiger partial charge in [-0.25, -0.2) is 9.97 Å². The topological polar surface area (TPSA) is 51.1 Å². The third kappa shape index (κ3) is 3.36. The highest BCUT2D eigenvalue weighted by atomic mass is 32.1. The molecule has 0 saturated carbocycles. The van der Waals surface area contributed by atoms with Gasteiger partial charge in [-0.2, -0.15) is 0 Å². The van der Waals surface area contributed by atoms with E-state index in [-0.39, 0.29) is 0 Å².